The molecule has 0 atom stereocenters. The first-order valence-corrected chi connectivity index (χ1v) is 5.41. The zero-order valence-electron chi connectivity index (χ0n) is 9.90. The summed E-state index contributed by atoms with van der Waals surface area (Å²) in [7, 11) is 3.08. The second-order valence-electron chi connectivity index (χ2n) is 4.30. The van der Waals surface area contributed by atoms with Gasteiger partial charge in [0.1, 0.15) is 5.75 Å². The van der Waals surface area contributed by atoms with Gasteiger partial charge in [0.15, 0.2) is 0 Å². The zero-order chi connectivity index (χ0) is 12.5. The van der Waals surface area contributed by atoms with Crippen LogP contribution in [0, 0.1) is 5.41 Å². The molecule has 1 aliphatic rings. The Kier molecular flexibility index (Phi) is 2.92. The van der Waals surface area contributed by atoms with Gasteiger partial charge in [0, 0.05) is 11.6 Å². The fourth-order valence-electron chi connectivity index (χ4n) is 1.88. The molecule has 0 saturated heterocycles. The summed E-state index contributed by atoms with van der Waals surface area (Å²) in [6, 6.07) is 1.74. The molecule has 5 nitrogen and oxygen atoms in total. The lowest BCUT2D eigenvalue weighted by molar-refractivity contribution is -0.143. The summed E-state index contributed by atoms with van der Waals surface area (Å²) < 4.78 is 10.2. The zero-order valence-corrected chi connectivity index (χ0v) is 9.90. The van der Waals surface area contributed by atoms with Crippen molar-refractivity contribution < 1.29 is 19.4 Å². The Morgan fingerprint density at radius 1 is 1.47 bits per heavy atom. The highest BCUT2D eigenvalue weighted by Crippen LogP contribution is 2.49. The molecular formula is C12H15NO4. The van der Waals surface area contributed by atoms with Crippen molar-refractivity contribution in [2.24, 2.45) is 5.41 Å². The second kappa shape index (κ2) is 4.24. The van der Waals surface area contributed by atoms with E-state index in [9.17, 15) is 4.79 Å². The van der Waals surface area contributed by atoms with Crippen molar-refractivity contribution in [3.05, 3.63) is 17.8 Å². The summed E-state index contributed by atoms with van der Waals surface area (Å²) in [5.41, 5.74) is 0.221. The van der Waals surface area contributed by atoms with Gasteiger partial charge in [-0.05, 0) is 19.3 Å². The van der Waals surface area contributed by atoms with E-state index in [4.69, 9.17) is 14.6 Å². The summed E-state index contributed by atoms with van der Waals surface area (Å²) in [6.07, 6.45) is 3.46. The van der Waals surface area contributed by atoms with E-state index in [0.29, 0.717) is 18.1 Å². The van der Waals surface area contributed by atoms with Crippen LogP contribution in [0.15, 0.2) is 12.3 Å². The Labute approximate surface area is 99.4 Å². The Morgan fingerprint density at radius 2 is 2.18 bits per heavy atom. The van der Waals surface area contributed by atoms with Crippen LogP contribution in [0.2, 0.25) is 0 Å². The van der Waals surface area contributed by atoms with Crippen LogP contribution in [0.1, 0.15) is 18.4 Å². The van der Waals surface area contributed by atoms with Crippen molar-refractivity contribution in [3.8, 4) is 11.6 Å². The average molecular weight is 237 g/mol. The molecule has 1 heterocycles. The molecular weight excluding hydrogens is 222 g/mol. The predicted molar refractivity (Wildman–Crippen MR) is 60.3 cm³/mol. The van der Waals surface area contributed by atoms with Crippen LogP contribution in [-0.2, 0) is 11.2 Å². The molecule has 1 saturated carbocycles. The third kappa shape index (κ3) is 2.18. The minimum absolute atomic E-state index is 0.463. The fraction of sp³-hybridized carbons (Fsp3) is 0.500. The van der Waals surface area contributed by atoms with Gasteiger partial charge in [-0.15, -0.1) is 0 Å². The van der Waals surface area contributed by atoms with Gasteiger partial charge >= 0.3 is 5.97 Å². The topological polar surface area (TPSA) is 68.7 Å². The van der Waals surface area contributed by atoms with Crippen molar-refractivity contribution >= 4 is 5.97 Å². The predicted octanol–water partition coefficient (Wildman–Crippen LogP) is 1.51. The van der Waals surface area contributed by atoms with E-state index in [1.807, 2.05) is 0 Å². The summed E-state index contributed by atoms with van der Waals surface area (Å²) in [4.78, 5) is 15.2. The molecule has 0 unspecified atom stereocenters. The lowest BCUT2D eigenvalue weighted by Gasteiger charge is -2.13. The van der Waals surface area contributed by atoms with Gasteiger partial charge in [0.05, 0.1) is 25.8 Å². The Bertz CT molecular complexity index is 440. The maximum absolute atomic E-state index is 11.2. The van der Waals surface area contributed by atoms with E-state index < -0.39 is 11.4 Å². The van der Waals surface area contributed by atoms with Crippen molar-refractivity contribution in [2.45, 2.75) is 19.3 Å². The van der Waals surface area contributed by atoms with Crippen LogP contribution >= 0.6 is 0 Å². The maximum atomic E-state index is 11.2. The maximum Gasteiger partial charge on any atom is 0.309 e. The number of rotatable bonds is 5. The third-order valence-electron chi connectivity index (χ3n) is 3.19. The van der Waals surface area contributed by atoms with E-state index in [1.54, 1.807) is 19.4 Å². The van der Waals surface area contributed by atoms with Gasteiger partial charge in [-0.25, -0.2) is 4.98 Å². The largest absolute Gasteiger partial charge is 0.495 e. The number of nitrogens with zero attached hydrogens (tertiary/aromatic N) is 1. The van der Waals surface area contributed by atoms with E-state index in [0.717, 1.165) is 18.4 Å². The number of ether oxygens (including phenoxy) is 2. The molecule has 1 fully saturated rings. The van der Waals surface area contributed by atoms with Gasteiger partial charge in [0.2, 0.25) is 5.88 Å². The molecule has 0 aromatic carbocycles. The standard InChI is InChI=1S/C12H15NO4/c1-16-9-7-13-10(17-2)5-8(9)6-12(3-4-12)11(14)15/h5,7H,3-4,6H2,1-2H3,(H,14,15). The lowest BCUT2D eigenvalue weighted by Crippen LogP contribution is -2.18. The molecule has 1 N–H and O–H groups in total. The highest BCUT2D eigenvalue weighted by molar-refractivity contribution is 5.78. The van der Waals surface area contributed by atoms with Crippen molar-refractivity contribution in [3.63, 3.8) is 0 Å². The number of hydrogen-bond donors (Lipinski definition) is 1. The van der Waals surface area contributed by atoms with E-state index in [-0.39, 0.29) is 0 Å². The van der Waals surface area contributed by atoms with Gasteiger partial charge in [-0.1, -0.05) is 0 Å². The number of carbonyl (C=O) groups is 1. The smallest absolute Gasteiger partial charge is 0.309 e. The van der Waals surface area contributed by atoms with Gasteiger partial charge in [0.25, 0.3) is 0 Å². The van der Waals surface area contributed by atoms with Crippen LogP contribution in [0.4, 0.5) is 0 Å². The molecule has 92 valence electrons. The first-order chi connectivity index (χ1) is 8.11. The number of aliphatic carboxylic acids is 1. The van der Waals surface area contributed by atoms with Crippen LogP contribution in [0.3, 0.4) is 0 Å². The molecule has 0 spiro atoms. The minimum atomic E-state index is -0.740. The number of carboxylic acid groups (broad SMARTS) is 1. The van der Waals surface area contributed by atoms with Crippen molar-refractivity contribution in [1.82, 2.24) is 4.98 Å². The van der Waals surface area contributed by atoms with Crippen molar-refractivity contribution in [1.29, 1.82) is 0 Å². The molecule has 0 amide bonds. The summed E-state index contributed by atoms with van der Waals surface area (Å²) in [5.74, 6) is 0.343. The molecule has 1 aliphatic carbocycles. The first kappa shape index (κ1) is 11.7. The monoisotopic (exact) mass is 237 g/mol. The van der Waals surface area contributed by atoms with Crippen LogP contribution < -0.4 is 9.47 Å². The van der Waals surface area contributed by atoms with E-state index in [1.165, 1.54) is 7.11 Å². The fourth-order valence-corrected chi connectivity index (χ4v) is 1.88. The number of pyridine rings is 1. The number of carboxylic acids is 1. The molecule has 0 radical (unpaired) electrons. The first-order valence-electron chi connectivity index (χ1n) is 5.41. The normalized spacial score (nSPS) is 16.4. The molecule has 0 aliphatic heterocycles. The summed E-state index contributed by atoms with van der Waals surface area (Å²) in [6.45, 7) is 0. The number of aromatic nitrogens is 1. The number of methoxy groups -OCH3 is 2. The van der Waals surface area contributed by atoms with Crippen LogP contribution in [-0.4, -0.2) is 30.3 Å². The summed E-state index contributed by atoms with van der Waals surface area (Å²) >= 11 is 0. The van der Waals surface area contributed by atoms with E-state index in [2.05, 4.69) is 4.98 Å². The number of hydrogen-bond acceptors (Lipinski definition) is 4. The van der Waals surface area contributed by atoms with Crippen LogP contribution in [0.25, 0.3) is 0 Å². The van der Waals surface area contributed by atoms with Gasteiger partial charge < -0.3 is 14.6 Å². The van der Waals surface area contributed by atoms with Crippen LogP contribution in [0.5, 0.6) is 11.6 Å². The SMILES string of the molecule is COc1cc(CC2(C(=O)O)CC2)c(OC)cn1. The van der Waals surface area contributed by atoms with Crippen molar-refractivity contribution in [2.75, 3.05) is 14.2 Å². The molecule has 2 rings (SSSR count). The quantitative estimate of drug-likeness (QED) is 0.840. The minimum Gasteiger partial charge on any atom is -0.495 e. The molecule has 17 heavy (non-hydrogen) atoms. The van der Waals surface area contributed by atoms with Gasteiger partial charge in [-0.2, -0.15) is 0 Å². The highest BCUT2D eigenvalue weighted by Gasteiger charge is 2.50. The second-order valence-corrected chi connectivity index (χ2v) is 4.30. The average Bonchev–Trinajstić information content (AvgIpc) is 3.10. The Hall–Kier alpha value is -1.78. The van der Waals surface area contributed by atoms with E-state index >= 15 is 0 Å². The summed E-state index contributed by atoms with van der Waals surface area (Å²) in [5, 5.41) is 9.17. The molecule has 0 bridgehead atoms. The third-order valence-corrected chi connectivity index (χ3v) is 3.19. The molecule has 5 heteroatoms. The van der Waals surface area contributed by atoms with Gasteiger partial charge in [-0.3, -0.25) is 4.79 Å². The Balaban J connectivity index is 2.27. The Morgan fingerprint density at radius 3 is 2.65 bits per heavy atom. The highest BCUT2D eigenvalue weighted by atomic mass is 16.5. The lowest BCUT2D eigenvalue weighted by atomic mass is 9.97. The molecule has 1 aromatic heterocycles. The molecule has 1 aromatic rings.